The van der Waals surface area contributed by atoms with Crippen molar-refractivity contribution in [2.75, 3.05) is 26.3 Å². The van der Waals surface area contributed by atoms with E-state index >= 15 is 0 Å². The molecular formula is C21H28N4O4. The zero-order valence-corrected chi connectivity index (χ0v) is 16.7. The fourth-order valence-electron chi connectivity index (χ4n) is 4.67. The molecule has 29 heavy (non-hydrogen) atoms. The zero-order chi connectivity index (χ0) is 20.4. The number of nitrogens with one attached hydrogen (secondary N) is 1. The van der Waals surface area contributed by atoms with Crippen molar-refractivity contribution in [3.63, 3.8) is 0 Å². The van der Waals surface area contributed by atoms with Crippen molar-refractivity contribution in [3.05, 3.63) is 46.5 Å². The number of aliphatic hydroxyl groups excluding tert-OH is 1. The van der Waals surface area contributed by atoms with Crippen LogP contribution in [-0.4, -0.2) is 63.7 Å². The monoisotopic (exact) mass is 400 g/mol. The molecule has 0 bridgehead atoms. The molecule has 8 heteroatoms. The van der Waals surface area contributed by atoms with Gasteiger partial charge < -0.3 is 15.2 Å². The number of pyridine rings is 1. The lowest BCUT2D eigenvalue weighted by Crippen LogP contribution is -2.50. The minimum absolute atomic E-state index is 0.0309. The van der Waals surface area contributed by atoms with Crippen LogP contribution in [-0.2, 0) is 16.1 Å². The van der Waals surface area contributed by atoms with Crippen LogP contribution < -0.4 is 10.9 Å². The highest BCUT2D eigenvalue weighted by Gasteiger charge is 2.42. The van der Waals surface area contributed by atoms with E-state index in [2.05, 4.69) is 15.2 Å². The predicted octanol–water partition coefficient (Wildman–Crippen LogP) is 0.419. The van der Waals surface area contributed by atoms with E-state index < -0.39 is 6.10 Å². The van der Waals surface area contributed by atoms with E-state index in [1.54, 1.807) is 16.7 Å². The van der Waals surface area contributed by atoms with Crippen molar-refractivity contribution >= 4 is 11.6 Å². The molecule has 0 spiro atoms. The quantitative estimate of drug-likeness (QED) is 0.730. The van der Waals surface area contributed by atoms with Crippen LogP contribution in [0.4, 0.5) is 0 Å². The summed E-state index contributed by atoms with van der Waals surface area (Å²) >= 11 is 0. The smallest absolute Gasteiger partial charge is 0.258 e. The third-order valence-corrected chi connectivity index (χ3v) is 6.01. The first-order valence-electron chi connectivity index (χ1n) is 10.3. The molecule has 1 amide bonds. The Labute approximate surface area is 169 Å². The molecule has 1 aliphatic carbocycles. The van der Waals surface area contributed by atoms with E-state index in [0.717, 1.165) is 25.2 Å². The molecule has 2 aliphatic rings. The second kappa shape index (κ2) is 8.61. The van der Waals surface area contributed by atoms with Crippen LogP contribution in [0.25, 0.3) is 5.65 Å². The molecule has 1 saturated carbocycles. The molecule has 0 aromatic carbocycles. The summed E-state index contributed by atoms with van der Waals surface area (Å²) in [6.45, 7) is 4.74. The molecule has 3 heterocycles. The number of rotatable bonds is 6. The van der Waals surface area contributed by atoms with Crippen LogP contribution in [0.15, 0.2) is 35.3 Å². The van der Waals surface area contributed by atoms with Crippen LogP contribution in [0, 0.1) is 11.8 Å². The van der Waals surface area contributed by atoms with Crippen LogP contribution in [0.5, 0.6) is 0 Å². The summed E-state index contributed by atoms with van der Waals surface area (Å²) in [6, 6.07) is 6.89. The summed E-state index contributed by atoms with van der Waals surface area (Å²) in [5.74, 6) is 0.633. The SMILES string of the molecule is CCOCC(=O)N[C@H]1C[C@H]2CN(Cc3cc(=O)n4ccccc4n3)C[C@H]2C[C@@H]1O. The van der Waals surface area contributed by atoms with Crippen LogP contribution in [0.1, 0.15) is 25.5 Å². The Morgan fingerprint density at radius 3 is 2.90 bits per heavy atom. The van der Waals surface area contributed by atoms with Gasteiger partial charge in [0.2, 0.25) is 5.91 Å². The zero-order valence-electron chi connectivity index (χ0n) is 16.7. The van der Waals surface area contributed by atoms with Gasteiger partial charge in [0.15, 0.2) is 0 Å². The maximum atomic E-state index is 12.3. The first-order chi connectivity index (χ1) is 14.0. The summed E-state index contributed by atoms with van der Waals surface area (Å²) in [7, 11) is 0. The molecule has 0 radical (unpaired) electrons. The van der Waals surface area contributed by atoms with Gasteiger partial charge in [-0.2, -0.15) is 0 Å². The van der Waals surface area contributed by atoms with Crippen molar-refractivity contribution < 1.29 is 14.6 Å². The van der Waals surface area contributed by atoms with E-state index in [-0.39, 0.29) is 24.1 Å². The lowest BCUT2D eigenvalue weighted by Gasteiger charge is -2.35. The lowest BCUT2D eigenvalue weighted by atomic mass is 9.77. The second-order valence-corrected chi connectivity index (χ2v) is 8.08. The number of nitrogens with zero attached hydrogens (tertiary/aromatic N) is 3. The standard InChI is InChI=1S/C21H28N4O4/c1-2-29-13-20(27)23-17-7-14-10-24(11-15(14)8-18(17)26)12-16-9-21(28)25-6-4-3-5-19(25)22-16/h3-6,9,14-15,17-18,26H,2,7-8,10-13H2,1H3,(H,23,27)/t14-,15+,17-,18-/m0/s1. The predicted molar refractivity (Wildman–Crippen MR) is 107 cm³/mol. The summed E-state index contributed by atoms with van der Waals surface area (Å²) < 4.78 is 6.69. The fourth-order valence-corrected chi connectivity index (χ4v) is 4.67. The highest BCUT2D eigenvalue weighted by atomic mass is 16.5. The Hall–Kier alpha value is -2.29. The average molecular weight is 400 g/mol. The van der Waals surface area contributed by atoms with Crippen molar-refractivity contribution in [1.29, 1.82) is 0 Å². The third-order valence-electron chi connectivity index (χ3n) is 6.01. The Morgan fingerprint density at radius 2 is 2.10 bits per heavy atom. The molecule has 2 aromatic rings. The molecule has 1 aliphatic heterocycles. The number of fused-ring (bicyclic) bond motifs is 2. The van der Waals surface area contributed by atoms with Crippen LogP contribution >= 0.6 is 0 Å². The Kier molecular flexibility index (Phi) is 5.94. The summed E-state index contributed by atoms with van der Waals surface area (Å²) in [6.07, 6.45) is 2.62. The number of aliphatic hydroxyl groups is 1. The first-order valence-corrected chi connectivity index (χ1v) is 10.3. The van der Waals surface area contributed by atoms with Crippen LogP contribution in [0.2, 0.25) is 0 Å². The highest BCUT2D eigenvalue weighted by molar-refractivity contribution is 5.77. The van der Waals surface area contributed by atoms with Gasteiger partial charge in [0, 0.05) is 38.5 Å². The van der Waals surface area contributed by atoms with Gasteiger partial charge in [-0.15, -0.1) is 0 Å². The van der Waals surface area contributed by atoms with Gasteiger partial charge in [-0.3, -0.25) is 18.9 Å². The minimum Gasteiger partial charge on any atom is -0.391 e. The molecule has 8 nitrogen and oxygen atoms in total. The number of ether oxygens (including phenoxy) is 1. The Morgan fingerprint density at radius 1 is 1.31 bits per heavy atom. The third kappa shape index (κ3) is 4.49. The fraction of sp³-hybridized carbons (Fsp3) is 0.571. The topological polar surface area (TPSA) is 96.2 Å². The van der Waals surface area contributed by atoms with Crippen molar-refractivity contribution in [1.82, 2.24) is 19.6 Å². The van der Waals surface area contributed by atoms with Crippen LogP contribution in [0.3, 0.4) is 0 Å². The highest BCUT2D eigenvalue weighted by Crippen LogP contribution is 2.37. The number of likely N-dealkylation sites (tertiary alicyclic amines) is 1. The molecule has 4 atom stereocenters. The molecule has 2 fully saturated rings. The number of amides is 1. The van der Waals surface area contributed by atoms with Crippen molar-refractivity contribution in [2.45, 2.75) is 38.5 Å². The van der Waals surface area contributed by atoms with Gasteiger partial charge in [0.25, 0.3) is 5.56 Å². The summed E-state index contributed by atoms with van der Waals surface area (Å²) in [5, 5.41) is 13.4. The van der Waals surface area contributed by atoms with E-state index in [1.807, 2.05) is 25.1 Å². The van der Waals surface area contributed by atoms with Gasteiger partial charge in [0.1, 0.15) is 12.3 Å². The molecule has 4 rings (SSSR count). The average Bonchev–Trinajstić information content (AvgIpc) is 3.07. The van der Waals surface area contributed by atoms with Gasteiger partial charge in [-0.1, -0.05) is 6.07 Å². The molecule has 0 unspecified atom stereocenters. The minimum atomic E-state index is -0.537. The Balaban J connectivity index is 1.39. The summed E-state index contributed by atoms with van der Waals surface area (Å²) in [4.78, 5) is 31.2. The molecular weight excluding hydrogens is 372 g/mol. The van der Waals surface area contributed by atoms with Gasteiger partial charge in [-0.25, -0.2) is 4.98 Å². The molecule has 2 aromatic heterocycles. The normalized spacial score (nSPS) is 27.1. The van der Waals surface area contributed by atoms with Crippen molar-refractivity contribution in [2.24, 2.45) is 11.8 Å². The van der Waals surface area contributed by atoms with Gasteiger partial charge in [-0.05, 0) is 43.7 Å². The van der Waals surface area contributed by atoms with Gasteiger partial charge in [0.05, 0.1) is 17.8 Å². The Bertz CT molecular complexity index is 930. The summed E-state index contributed by atoms with van der Waals surface area (Å²) in [5.41, 5.74) is 1.34. The second-order valence-electron chi connectivity index (χ2n) is 8.08. The number of hydrogen-bond donors (Lipinski definition) is 2. The van der Waals surface area contributed by atoms with E-state index in [1.165, 1.54) is 0 Å². The maximum Gasteiger partial charge on any atom is 0.258 e. The van der Waals surface area contributed by atoms with Gasteiger partial charge >= 0.3 is 0 Å². The van der Waals surface area contributed by atoms with E-state index in [4.69, 9.17) is 4.74 Å². The largest absolute Gasteiger partial charge is 0.391 e. The maximum absolute atomic E-state index is 12.3. The number of aromatic nitrogens is 2. The van der Waals surface area contributed by atoms with E-state index in [9.17, 15) is 14.7 Å². The number of carbonyl (C=O) groups excluding carboxylic acids is 1. The van der Waals surface area contributed by atoms with Crippen molar-refractivity contribution in [3.8, 4) is 0 Å². The molecule has 1 saturated heterocycles. The number of carbonyl (C=O) groups is 1. The first kappa shape index (κ1) is 20.0. The lowest BCUT2D eigenvalue weighted by molar-refractivity contribution is -0.127. The molecule has 156 valence electrons. The number of hydrogen-bond acceptors (Lipinski definition) is 6. The molecule has 2 N–H and O–H groups in total. The van der Waals surface area contributed by atoms with E-state index in [0.29, 0.717) is 37.1 Å².